The van der Waals surface area contributed by atoms with Crippen molar-refractivity contribution in [3.63, 3.8) is 0 Å². The second-order valence-corrected chi connectivity index (χ2v) is 25.8. The Kier molecular flexibility index (Phi) is 17.9. The van der Waals surface area contributed by atoms with Gasteiger partial charge in [0.2, 0.25) is 35.4 Å². The summed E-state index contributed by atoms with van der Waals surface area (Å²) in [5, 5.41) is 96.2. The fourth-order valence-corrected chi connectivity index (χ4v) is 14.9. The number of aromatic nitrogens is 8. The Bertz CT molecular complexity index is 4180. The monoisotopic (exact) mass is 1290 g/mol. The van der Waals surface area contributed by atoms with Crippen molar-refractivity contribution >= 4 is 109 Å². The van der Waals surface area contributed by atoms with Crippen molar-refractivity contribution in [3.8, 4) is 54.9 Å². The topological polar surface area (TPSA) is 373 Å². The highest BCUT2D eigenvalue weighted by Gasteiger charge is 2.35. The summed E-state index contributed by atoms with van der Waals surface area (Å²) in [6, 6.07) is 8.69. The molecule has 8 N–H and O–H groups in total. The van der Waals surface area contributed by atoms with Crippen LogP contribution in [0.1, 0.15) is 115 Å². The van der Waals surface area contributed by atoms with Crippen LogP contribution in [0.2, 0.25) is 0 Å². The molecule has 0 saturated carbocycles. The van der Waals surface area contributed by atoms with Gasteiger partial charge in [-0.1, -0.05) is 44.2 Å². The molecule has 1 fully saturated rings. The summed E-state index contributed by atoms with van der Waals surface area (Å²) < 4.78 is 11.2. The average Bonchev–Trinajstić information content (AvgIpc) is 2.59. The van der Waals surface area contributed by atoms with E-state index >= 15 is 0 Å². The van der Waals surface area contributed by atoms with Gasteiger partial charge in [-0.05, 0) is 43.4 Å². The lowest BCUT2D eigenvalue weighted by Gasteiger charge is -2.21. The van der Waals surface area contributed by atoms with Crippen LogP contribution in [-0.2, 0) is 11.3 Å². The number of nitrogens with zero attached hydrogens (tertiary/aromatic N) is 14. The molecule has 5 atom stereocenters. The number of amides is 1. The van der Waals surface area contributed by atoms with Crippen molar-refractivity contribution in [1.29, 1.82) is 5.41 Å². The molecule has 448 valence electrons. The number of carbonyl (C=O) groups excluding carboxylic acids is 1. The van der Waals surface area contributed by atoms with Gasteiger partial charge in [-0.3, -0.25) is 15.2 Å². The van der Waals surface area contributed by atoms with Gasteiger partial charge in [0.05, 0.1) is 23.6 Å². The van der Waals surface area contributed by atoms with E-state index in [1.165, 1.54) is 93.3 Å². The Balaban J connectivity index is 1.02. The molecule has 8 aromatic heterocycles. The van der Waals surface area contributed by atoms with Crippen molar-refractivity contribution < 1.29 is 49.7 Å². The molecule has 0 spiro atoms. The molecule has 10 heterocycles. The molecule has 11 rings (SSSR count). The van der Waals surface area contributed by atoms with Gasteiger partial charge >= 0.3 is 0 Å². The number of methoxy groups -OCH3 is 1. The first-order chi connectivity index (χ1) is 41.9. The van der Waals surface area contributed by atoms with Crippen LogP contribution in [0.3, 0.4) is 0 Å². The summed E-state index contributed by atoms with van der Waals surface area (Å²) in [4.78, 5) is 76.6. The van der Waals surface area contributed by atoms with E-state index in [-0.39, 0.29) is 53.5 Å². The fraction of sp³-hybridized carbons (Fsp3) is 0.304. The molecule has 5 unspecified atom stereocenters. The quantitative estimate of drug-likeness (QED) is 0.0440. The summed E-state index contributed by atoms with van der Waals surface area (Å²) >= 11 is 7.28. The summed E-state index contributed by atoms with van der Waals surface area (Å²) in [7, 11) is 2.90. The minimum Gasteiger partial charge on any atom is -0.497 e. The lowest BCUT2D eigenvalue weighted by molar-refractivity contribution is 0.0755. The molecule has 9 aromatic rings. The van der Waals surface area contributed by atoms with Crippen LogP contribution in [0.5, 0.6) is 0 Å². The minimum atomic E-state index is -1.30. The summed E-state index contributed by atoms with van der Waals surface area (Å²) in [5.41, 5.74) is 3.28. The number of aliphatic hydroxyl groups excluding tert-OH is 7. The van der Waals surface area contributed by atoms with Gasteiger partial charge in [0, 0.05) is 52.7 Å². The minimum absolute atomic E-state index is 0.00270. The number of nitrogens with one attached hydrogen (secondary N) is 1. The van der Waals surface area contributed by atoms with Gasteiger partial charge in [0.1, 0.15) is 113 Å². The molecule has 0 aliphatic carbocycles. The highest BCUT2D eigenvalue weighted by molar-refractivity contribution is 7.15. The predicted octanol–water partition coefficient (Wildman–Crippen LogP) is 11.5. The highest BCUT2D eigenvalue weighted by Crippen LogP contribution is 2.42. The lowest BCUT2D eigenvalue weighted by Crippen LogP contribution is -2.40. The molecule has 2 aliphatic rings. The normalized spacial score (nSPS) is 18.2. The number of carbonyl (C=O) groups is 1. The molecular formula is C56H53N15O10S6. The van der Waals surface area contributed by atoms with E-state index in [0.29, 0.717) is 98.8 Å². The molecule has 1 aromatic carbocycles. The Morgan fingerprint density at radius 2 is 1.46 bits per heavy atom. The number of aliphatic imine (C=N–C) groups is 5. The van der Waals surface area contributed by atoms with Crippen LogP contribution in [0.25, 0.3) is 54.9 Å². The number of ether oxygens (including phenoxy) is 1. The second kappa shape index (κ2) is 25.9. The molecule has 1 amide bonds. The van der Waals surface area contributed by atoms with E-state index in [2.05, 4.69) is 25.0 Å². The third-order valence-electron chi connectivity index (χ3n) is 13.8. The standard InChI is InChI=1S/C56H53N15O10S6/c1-24(2)39-55-70-42(36(87-55)19-80-5)47(77)59-17-38(73)67-43(44(74)26-10-7-6-8-11-26)54-66-34(23-85-54)52-63-31(20-83-52)41-27(50-64-32(21-82-50)46(76)61-29(16-37(72)58-4)53-69-40(25(3)86-53)48(78)68-39)13-14-28(60-41)51-65-33(22-84-51)49-62-30(18-81-49)56(79)71-15-9-12-35(71)45(57)75/h6-8,10-11,13-14,18,20-24,29,35,39,43-44,74H,9,12,15-17,19H2,1-5H3,(H2,57,75)(H,58,72)(H,59,77)(H,61,76)(H,67,73)(H,68,78). The van der Waals surface area contributed by atoms with Crippen LogP contribution in [-0.4, -0.2) is 155 Å². The number of aliphatic hydroxyl groups is 7. The smallest absolute Gasteiger partial charge is 0.276 e. The van der Waals surface area contributed by atoms with Crippen LogP contribution in [0.15, 0.2) is 99.6 Å². The van der Waals surface area contributed by atoms with E-state index in [9.17, 15) is 40.5 Å². The van der Waals surface area contributed by atoms with Crippen LogP contribution in [0, 0.1) is 18.3 Å². The van der Waals surface area contributed by atoms with Crippen molar-refractivity contribution in [2.75, 3.05) is 27.2 Å². The zero-order valence-corrected chi connectivity index (χ0v) is 51.6. The van der Waals surface area contributed by atoms with Gasteiger partial charge < -0.3 is 49.8 Å². The third kappa shape index (κ3) is 12.9. The first-order valence-electron chi connectivity index (χ1n) is 26.7. The number of rotatable bonds is 11. The summed E-state index contributed by atoms with van der Waals surface area (Å²) in [6.45, 7) is 5.40. The number of fused-ring (bicyclic) bond motifs is 14. The number of pyridine rings is 1. The number of hydrogen-bond donors (Lipinski definition) is 8. The Morgan fingerprint density at radius 3 is 2.22 bits per heavy atom. The van der Waals surface area contributed by atoms with Crippen molar-refractivity contribution in [1.82, 2.24) is 44.8 Å². The SMILES string of the molecule is CN=C(O)CC1N=C(O)c2csc(n2)-c2ccc(-c3nc(-c4nc(C(=O)N5CCCC5C(=N)O)co4)cs3)nc2-c2csc(n2)-c2csc(n2)C(C(O)c2ccccc2)N=C(O)CN=C(O)c2nc(sc2COC)C(C(C)C)N=C(O)c2nc1sc2C. The van der Waals surface area contributed by atoms with E-state index in [0.717, 1.165) is 0 Å². The average molecular weight is 1290 g/mol. The Labute approximate surface area is 519 Å². The van der Waals surface area contributed by atoms with Gasteiger partial charge in [-0.2, -0.15) is 0 Å². The number of benzene rings is 1. The van der Waals surface area contributed by atoms with E-state index in [4.69, 9.17) is 54.4 Å². The lowest BCUT2D eigenvalue weighted by atomic mass is 10.0. The maximum absolute atomic E-state index is 13.4. The second-order valence-electron chi connectivity index (χ2n) is 20.0. The molecular weight excluding hydrogens is 1240 g/mol. The molecule has 10 bridgehead atoms. The van der Waals surface area contributed by atoms with Crippen molar-refractivity contribution in [2.24, 2.45) is 30.9 Å². The van der Waals surface area contributed by atoms with E-state index < -0.39 is 72.2 Å². The molecule has 25 nitrogen and oxygen atoms in total. The molecule has 87 heavy (non-hydrogen) atoms. The zero-order valence-electron chi connectivity index (χ0n) is 46.7. The van der Waals surface area contributed by atoms with E-state index in [1.807, 2.05) is 13.8 Å². The van der Waals surface area contributed by atoms with Crippen LogP contribution in [0.4, 0.5) is 0 Å². The largest absolute Gasteiger partial charge is 0.497 e. The fourth-order valence-electron chi connectivity index (χ4n) is 9.42. The summed E-state index contributed by atoms with van der Waals surface area (Å²) in [6.07, 6.45) is 0.845. The van der Waals surface area contributed by atoms with Gasteiger partial charge in [0.15, 0.2) is 11.6 Å². The van der Waals surface area contributed by atoms with Gasteiger partial charge in [-0.25, -0.2) is 59.8 Å². The van der Waals surface area contributed by atoms with Crippen LogP contribution >= 0.6 is 68.0 Å². The van der Waals surface area contributed by atoms with Crippen molar-refractivity contribution in [2.45, 2.75) is 76.9 Å². The molecule has 31 heteroatoms. The Morgan fingerprint density at radius 1 is 0.747 bits per heavy atom. The number of oxazole rings is 1. The molecule has 2 aliphatic heterocycles. The predicted molar refractivity (Wildman–Crippen MR) is 336 cm³/mol. The number of hydrogen-bond acceptors (Lipinski definition) is 24. The maximum Gasteiger partial charge on any atom is 0.276 e. The maximum atomic E-state index is 13.4. The first-order valence-corrected chi connectivity index (χ1v) is 31.9. The van der Waals surface area contributed by atoms with Crippen molar-refractivity contribution in [3.05, 3.63) is 123 Å². The van der Waals surface area contributed by atoms with Gasteiger partial charge in [-0.15, -0.1) is 68.0 Å². The highest BCUT2D eigenvalue weighted by atomic mass is 32.1. The zero-order chi connectivity index (χ0) is 61.2. The van der Waals surface area contributed by atoms with Crippen LogP contribution < -0.4 is 0 Å². The summed E-state index contributed by atoms with van der Waals surface area (Å²) in [5.74, 6) is -3.46. The Hall–Kier alpha value is -8.43. The number of thiazole rings is 6. The number of aryl methyl sites for hydroxylation is 1. The molecule has 0 radical (unpaired) electrons. The molecule has 1 saturated heterocycles. The first kappa shape index (κ1) is 60.3. The number of likely N-dealkylation sites (tertiary alicyclic amines) is 1. The van der Waals surface area contributed by atoms with E-state index in [1.54, 1.807) is 70.9 Å². The van der Waals surface area contributed by atoms with Gasteiger partial charge in [0.25, 0.3) is 5.91 Å². The third-order valence-corrected chi connectivity index (χ3v) is 19.5.